The Bertz CT molecular complexity index is 2220. The number of likely N-dealkylation sites (tertiary alicyclic amines) is 1. The van der Waals surface area contributed by atoms with Crippen LogP contribution in [0.2, 0.25) is 5.02 Å². The lowest BCUT2D eigenvalue weighted by Gasteiger charge is -2.44. The molecule has 11 nitrogen and oxygen atoms in total. The molecule has 1 spiro atoms. The predicted molar refractivity (Wildman–Crippen MR) is 217 cm³/mol. The summed E-state index contributed by atoms with van der Waals surface area (Å²) in [5, 5.41) is 11.2. The van der Waals surface area contributed by atoms with Crippen LogP contribution in [0.25, 0.3) is 10.9 Å². The molecule has 0 aliphatic carbocycles. The summed E-state index contributed by atoms with van der Waals surface area (Å²) in [5.41, 5.74) is 5.31. The van der Waals surface area contributed by atoms with E-state index in [1.807, 2.05) is 85.1 Å². The summed E-state index contributed by atoms with van der Waals surface area (Å²) in [6.07, 6.45) is 4.23. The smallest absolute Gasteiger partial charge is 0.250 e. The van der Waals surface area contributed by atoms with Gasteiger partial charge in [-0.05, 0) is 78.3 Å². The van der Waals surface area contributed by atoms with E-state index in [2.05, 4.69) is 38.0 Å². The number of rotatable bonds is 11. The summed E-state index contributed by atoms with van der Waals surface area (Å²) >= 11 is 6.17. The van der Waals surface area contributed by atoms with Crippen molar-refractivity contribution in [1.82, 2.24) is 30.7 Å². The summed E-state index contributed by atoms with van der Waals surface area (Å²) in [6.45, 7) is 1.87. The Morgan fingerprint density at radius 2 is 1.59 bits per heavy atom. The van der Waals surface area contributed by atoms with Gasteiger partial charge in [-0.1, -0.05) is 84.4 Å². The molecule has 2 atom stereocenters. The molecule has 4 aromatic carbocycles. The molecule has 3 aliphatic heterocycles. The number of halogens is 1. The third-order valence-electron chi connectivity index (χ3n) is 11.6. The minimum atomic E-state index is -0.920. The van der Waals surface area contributed by atoms with Gasteiger partial charge >= 0.3 is 0 Å². The zero-order valence-electron chi connectivity index (χ0n) is 31.2. The highest BCUT2D eigenvalue weighted by Gasteiger charge is 2.54. The van der Waals surface area contributed by atoms with Crippen molar-refractivity contribution < 1.29 is 19.2 Å². The molecule has 2 fully saturated rings. The van der Waals surface area contributed by atoms with Crippen LogP contribution >= 0.6 is 11.6 Å². The fourth-order valence-electron chi connectivity index (χ4n) is 8.51. The number of hydrogen-bond donors (Lipinski definition) is 4. The first kappa shape index (κ1) is 37.3. The van der Waals surface area contributed by atoms with Crippen LogP contribution in [-0.4, -0.2) is 88.9 Å². The van der Waals surface area contributed by atoms with Crippen molar-refractivity contribution >= 4 is 51.8 Å². The molecule has 4 heterocycles. The van der Waals surface area contributed by atoms with Gasteiger partial charge in [0.25, 0.3) is 5.91 Å². The molecule has 288 valence electrons. The van der Waals surface area contributed by atoms with Crippen LogP contribution in [0.15, 0.2) is 109 Å². The van der Waals surface area contributed by atoms with E-state index in [4.69, 9.17) is 11.6 Å². The molecule has 0 radical (unpaired) electrons. The second-order valence-electron chi connectivity index (χ2n) is 15.0. The van der Waals surface area contributed by atoms with Gasteiger partial charge in [0.05, 0.1) is 12.7 Å². The maximum Gasteiger partial charge on any atom is 0.250 e. The third kappa shape index (κ3) is 7.74. The van der Waals surface area contributed by atoms with Gasteiger partial charge in [-0.25, -0.2) is 0 Å². The van der Waals surface area contributed by atoms with E-state index < -0.39 is 17.6 Å². The lowest BCUT2D eigenvalue weighted by molar-refractivity contribution is -0.141. The third-order valence-corrected chi connectivity index (χ3v) is 11.8. The van der Waals surface area contributed by atoms with Gasteiger partial charge < -0.3 is 35.6 Å². The molecule has 56 heavy (non-hydrogen) atoms. The van der Waals surface area contributed by atoms with Gasteiger partial charge in [0.15, 0.2) is 0 Å². The number of fused-ring (bicyclic) bond motifs is 2. The summed E-state index contributed by atoms with van der Waals surface area (Å²) in [5.74, 6) is -0.748. The highest BCUT2D eigenvalue weighted by Crippen LogP contribution is 2.39. The molecule has 0 saturated carbocycles. The summed E-state index contributed by atoms with van der Waals surface area (Å²) < 4.78 is 0. The molecule has 5 aromatic rings. The van der Waals surface area contributed by atoms with Crippen molar-refractivity contribution in [3.8, 4) is 0 Å². The molecule has 2 saturated heterocycles. The van der Waals surface area contributed by atoms with Gasteiger partial charge in [0.1, 0.15) is 18.1 Å². The van der Waals surface area contributed by atoms with E-state index in [0.717, 1.165) is 33.3 Å². The second kappa shape index (κ2) is 16.2. The van der Waals surface area contributed by atoms with E-state index in [1.54, 1.807) is 21.9 Å². The number of aromatic amines is 1. The fraction of sp³-hybridized carbons (Fsp3) is 0.318. The Morgan fingerprint density at radius 1 is 0.875 bits per heavy atom. The lowest BCUT2D eigenvalue weighted by atomic mass is 9.85. The number of aromatic nitrogens is 1. The minimum Gasteiger partial charge on any atom is -0.361 e. The molecular weight excluding hydrogens is 726 g/mol. The largest absolute Gasteiger partial charge is 0.361 e. The topological polar surface area (TPSA) is 130 Å². The molecule has 8 rings (SSSR count). The van der Waals surface area contributed by atoms with E-state index in [-0.39, 0.29) is 36.8 Å². The molecule has 0 unspecified atom stereocenters. The van der Waals surface area contributed by atoms with Gasteiger partial charge in [0, 0.05) is 60.4 Å². The number of carbonyl (C=O) groups excluding carboxylic acids is 4. The standard InChI is InChI=1S/C44H46ClN7O4/c45-34-16-14-30(15-17-34)24-39(49-41(54)38-25-31-8-4-5-9-32(31)26-48-38)42(55)50-22-19-44(20-23-50)43(56)51(29-52(44)35-10-2-1-3-11-35)28-40(53)46-21-18-33-27-47-37-13-7-6-12-36(33)37/h1-17,27,38-39,47-48H,18-26,28-29H2,(H,46,53)(H,49,54)/t38-,39-/m1/s1. The van der Waals surface area contributed by atoms with Gasteiger partial charge in [-0.15, -0.1) is 0 Å². The van der Waals surface area contributed by atoms with E-state index >= 15 is 0 Å². The lowest BCUT2D eigenvalue weighted by Crippen LogP contribution is -2.60. The molecule has 0 bridgehead atoms. The quantitative estimate of drug-likeness (QED) is 0.156. The Kier molecular flexibility index (Phi) is 10.8. The van der Waals surface area contributed by atoms with Crippen LogP contribution in [0.5, 0.6) is 0 Å². The second-order valence-corrected chi connectivity index (χ2v) is 15.5. The Morgan fingerprint density at radius 3 is 2.38 bits per heavy atom. The predicted octanol–water partition coefficient (Wildman–Crippen LogP) is 4.59. The highest BCUT2D eigenvalue weighted by molar-refractivity contribution is 6.30. The average molecular weight is 772 g/mol. The number of amides is 4. The Labute approximate surface area is 331 Å². The van der Waals surface area contributed by atoms with E-state index in [9.17, 15) is 19.2 Å². The van der Waals surface area contributed by atoms with E-state index in [1.165, 1.54) is 5.56 Å². The van der Waals surface area contributed by atoms with Crippen molar-refractivity contribution in [3.63, 3.8) is 0 Å². The number of hydrogen-bond acceptors (Lipinski definition) is 6. The molecular formula is C44H46ClN7O4. The van der Waals surface area contributed by atoms with Crippen LogP contribution in [0.3, 0.4) is 0 Å². The highest BCUT2D eigenvalue weighted by atomic mass is 35.5. The molecule has 1 aromatic heterocycles. The van der Waals surface area contributed by atoms with Crippen LogP contribution in [0, 0.1) is 0 Å². The van der Waals surface area contributed by atoms with Crippen LogP contribution < -0.4 is 20.9 Å². The first-order valence-electron chi connectivity index (χ1n) is 19.3. The SMILES string of the molecule is O=C(CN1CN(c2ccccc2)C2(CCN(C(=O)[C@@H](Cc3ccc(Cl)cc3)NC(=O)[C@H]3Cc4ccccc4CN3)CC2)C1=O)NCCc1c[nH]c2ccccc12. The van der Waals surface area contributed by atoms with Crippen molar-refractivity contribution in [3.05, 3.63) is 137 Å². The first-order valence-corrected chi connectivity index (χ1v) is 19.7. The Hall–Kier alpha value is -5.65. The number of para-hydroxylation sites is 2. The Balaban J connectivity index is 0.946. The van der Waals surface area contributed by atoms with Gasteiger partial charge in [0.2, 0.25) is 17.7 Å². The maximum atomic E-state index is 14.4. The monoisotopic (exact) mass is 771 g/mol. The zero-order valence-corrected chi connectivity index (χ0v) is 31.9. The van der Waals surface area contributed by atoms with E-state index in [0.29, 0.717) is 63.3 Å². The number of nitrogens with zero attached hydrogens (tertiary/aromatic N) is 3. The molecule has 3 aliphatic rings. The summed E-state index contributed by atoms with van der Waals surface area (Å²) in [6, 6.07) is 31.9. The van der Waals surface area contributed by atoms with Gasteiger partial charge in [-0.3, -0.25) is 19.2 Å². The summed E-state index contributed by atoms with van der Waals surface area (Å²) in [7, 11) is 0. The molecule has 12 heteroatoms. The maximum absolute atomic E-state index is 14.4. The zero-order chi connectivity index (χ0) is 38.6. The fourth-order valence-corrected chi connectivity index (χ4v) is 8.64. The number of nitrogens with one attached hydrogen (secondary N) is 4. The van der Waals surface area contributed by atoms with Crippen molar-refractivity contribution in [2.75, 3.05) is 37.7 Å². The van der Waals surface area contributed by atoms with Gasteiger partial charge in [-0.2, -0.15) is 0 Å². The first-order chi connectivity index (χ1) is 27.3. The van der Waals surface area contributed by atoms with Crippen molar-refractivity contribution in [2.24, 2.45) is 0 Å². The number of carbonyl (C=O) groups is 4. The number of anilines is 1. The van der Waals surface area contributed by atoms with Crippen LogP contribution in [0.4, 0.5) is 5.69 Å². The average Bonchev–Trinajstić information content (AvgIpc) is 3.76. The normalized spacial score (nSPS) is 18.2. The number of H-pyrrole nitrogens is 1. The van der Waals surface area contributed by atoms with Crippen molar-refractivity contribution in [2.45, 2.75) is 56.3 Å². The minimum absolute atomic E-state index is 0.0602. The molecule has 4 N–H and O–H groups in total. The molecule has 4 amide bonds. The van der Waals surface area contributed by atoms with Crippen LogP contribution in [-0.2, 0) is 45.0 Å². The van der Waals surface area contributed by atoms with Crippen molar-refractivity contribution in [1.29, 1.82) is 0 Å². The number of piperidine rings is 1. The number of benzene rings is 4. The summed E-state index contributed by atoms with van der Waals surface area (Å²) in [4.78, 5) is 64.6. The van der Waals surface area contributed by atoms with Crippen LogP contribution in [0.1, 0.15) is 35.1 Å².